The van der Waals surface area contributed by atoms with E-state index in [-0.39, 0.29) is 11.9 Å². The topological polar surface area (TPSA) is 73.2 Å². The predicted octanol–water partition coefficient (Wildman–Crippen LogP) is 8.36. The molecule has 1 aliphatic rings. The number of fused-ring (bicyclic) bond motifs is 1. The van der Waals surface area contributed by atoms with E-state index in [1.165, 1.54) is 32.1 Å². The Bertz CT molecular complexity index is 1560. The molecule has 0 unspecified atom stereocenters. The lowest BCUT2D eigenvalue weighted by atomic mass is 9.89. The number of amides is 1. The predicted molar refractivity (Wildman–Crippen MR) is 173 cm³/mol. The summed E-state index contributed by atoms with van der Waals surface area (Å²) < 4.78 is 8.04. The number of hydrogen-bond donors (Lipinski definition) is 1. The minimum atomic E-state index is -0.608. The van der Waals surface area contributed by atoms with Gasteiger partial charge in [-0.05, 0) is 86.9 Å². The van der Waals surface area contributed by atoms with Crippen molar-refractivity contribution in [2.75, 3.05) is 6.54 Å². The van der Waals surface area contributed by atoms with E-state index >= 15 is 0 Å². The number of carbonyl (C=O) groups is 2. The number of aryl methyl sites for hydroxylation is 1. The van der Waals surface area contributed by atoms with Gasteiger partial charge in [0.15, 0.2) is 0 Å². The van der Waals surface area contributed by atoms with Crippen LogP contribution in [0, 0.1) is 5.92 Å². The monoisotopic (exact) mass is 579 g/mol. The van der Waals surface area contributed by atoms with Crippen LogP contribution < -0.4 is 5.32 Å². The SMILES string of the molecule is CCCCc1nc2ccc(C(=O)NCC3CCCCC3)cc2n1Cc1ccc(-c2ccccc2)c(C(=O)OC(C)(C)C)c1. The molecule has 1 aromatic heterocycles. The Morgan fingerprint density at radius 1 is 0.977 bits per heavy atom. The number of benzene rings is 3. The van der Waals surface area contributed by atoms with E-state index in [9.17, 15) is 9.59 Å². The number of unbranched alkanes of at least 4 members (excludes halogenated alkanes) is 1. The number of ether oxygens (including phenoxy) is 1. The molecule has 0 aliphatic heterocycles. The fraction of sp³-hybridized carbons (Fsp3) is 0.432. The van der Waals surface area contributed by atoms with Crippen molar-refractivity contribution >= 4 is 22.9 Å². The smallest absolute Gasteiger partial charge is 0.339 e. The fourth-order valence-corrected chi connectivity index (χ4v) is 5.99. The standard InChI is InChI=1S/C37H45N3O3/c1-5-6-17-34-39-32-21-19-29(35(41)38-24-26-13-9-7-10-14-26)23-33(32)40(34)25-27-18-20-30(28-15-11-8-12-16-28)31(22-27)36(42)43-37(2,3)4/h8,11-12,15-16,18-23,26H,5-7,9-10,13-14,17,24-25H2,1-4H3,(H,38,41). The second-order valence-corrected chi connectivity index (χ2v) is 12.9. The van der Waals surface area contributed by atoms with Gasteiger partial charge in [-0.25, -0.2) is 9.78 Å². The molecule has 0 bridgehead atoms. The molecule has 3 aromatic carbocycles. The number of carbonyl (C=O) groups excluding carboxylic acids is 2. The maximum absolute atomic E-state index is 13.4. The molecule has 0 radical (unpaired) electrons. The van der Waals surface area contributed by atoms with Gasteiger partial charge in [-0.15, -0.1) is 0 Å². The molecule has 6 nitrogen and oxygen atoms in total. The van der Waals surface area contributed by atoms with Gasteiger partial charge < -0.3 is 14.6 Å². The van der Waals surface area contributed by atoms with Gasteiger partial charge in [0.05, 0.1) is 16.6 Å². The Morgan fingerprint density at radius 2 is 1.74 bits per heavy atom. The van der Waals surface area contributed by atoms with Gasteiger partial charge in [-0.3, -0.25) is 4.79 Å². The summed E-state index contributed by atoms with van der Waals surface area (Å²) in [6.07, 6.45) is 9.14. The summed E-state index contributed by atoms with van der Waals surface area (Å²) in [6, 6.07) is 21.8. The lowest BCUT2D eigenvalue weighted by molar-refractivity contribution is 0.00702. The van der Waals surface area contributed by atoms with Crippen molar-refractivity contribution in [1.29, 1.82) is 0 Å². The van der Waals surface area contributed by atoms with E-state index in [1.807, 2.05) is 81.4 Å². The van der Waals surface area contributed by atoms with Gasteiger partial charge >= 0.3 is 5.97 Å². The van der Waals surface area contributed by atoms with Crippen LogP contribution in [0.4, 0.5) is 0 Å². The average molecular weight is 580 g/mol. The van der Waals surface area contributed by atoms with E-state index in [4.69, 9.17) is 9.72 Å². The molecule has 1 amide bonds. The third kappa shape index (κ3) is 7.73. The summed E-state index contributed by atoms with van der Waals surface area (Å²) in [6.45, 7) is 9.11. The Morgan fingerprint density at radius 3 is 2.47 bits per heavy atom. The molecule has 226 valence electrons. The van der Waals surface area contributed by atoms with Gasteiger partial charge in [0.25, 0.3) is 5.91 Å². The number of hydrogen-bond acceptors (Lipinski definition) is 4. The number of aromatic nitrogens is 2. The molecule has 0 atom stereocenters. The van der Waals surface area contributed by atoms with Crippen LogP contribution in [0.3, 0.4) is 0 Å². The van der Waals surface area contributed by atoms with E-state index in [0.29, 0.717) is 23.6 Å². The number of nitrogens with one attached hydrogen (secondary N) is 1. The molecule has 43 heavy (non-hydrogen) atoms. The Kier molecular flexibility index (Phi) is 9.64. The highest BCUT2D eigenvalue weighted by molar-refractivity contribution is 5.98. The second kappa shape index (κ2) is 13.6. The second-order valence-electron chi connectivity index (χ2n) is 12.9. The molecule has 1 N–H and O–H groups in total. The van der Waals surface area contributed by atoms with Crippen LogP contribution in [0.25, 0.3) is 22.2 Å². The van der Waals surface area contributed by atoms with Crippen LogP contribution in [-0.4, -0.2) is 33.6 Å². The van der Waals surface area contributed by atoms with Crippen molar-refractivity contribution in [2.24, 2.45) is 5.92 Å². The Hall–Kier alpha value is -3.93. The van der Waals surface area contributed by atoms with Gasteiger partial charge in [0.1, 0.15) is 11.4 Å². The van der Waals surface area contributed by atoms with Crippen LogP contribution in [0.5, 0.6) is 0 Å². The van der Waals surface area contributed by atoms with E-state index in [1.54, 1.807) is 0 Å². The quantitative estimate of drug-likeness (QED) is 0.192. The number of nitrogens with zero attached hydrogens (tertiary/aromatic N) is 2. The summed E-state index contributed by atoms with van der Waals surface area (Å²) in [4.78, 5) is 31.6. The van der Waals surface area contributed by atoms with Crippen molar-refractivity contribution in [1.82, 2.24) is 14.9 Å². The molecular formula is C37H45N3O3. The third-order valence-electron chi connectivity index (χ3n) is 8.25. The first-order valence-electron chi connectivity index (χ1n) is 15.9. The fourth-order valence-electron chi connectivity index (χ4n) is 5.99. The van der Waals surface area contributed by atoms with Crippen LogP contribution in [0.2, 0.25) is 0 Å². The summed E-state index contributed by atoms with van der Waals surface area (Å²) in [7, 11) is 0. The Balaban J connectivity index is 1.48. The van der Waals surface area contributed by atoms with Gasteiger partial charge in [0, 0.05) is 25.1 Å². The molecule has 1 heterocycles. The summed E-state index contributed by atoms with van der Waals surface area (Å²) in [5, 5.41) is 3.18. The first-order valence-corrected chi connectivity index (χ1v) is 15.9. The van der Waals surface area contributed by atoms with Crippen LogP contribution >= 0.6 is 0 Å². The molecule has 1 fully saturated rings. The number of esters is 1. The van der Waals surface area contributed by atoms with Gasteiger partial charge in [-0.2, -0.15) is 0 Å². The first kappa shape index (κ1) is 30.5. The lowest BCUT2D eigenvalue weighted by Crippen LogP contribution is -2.30. The number of imidazole rings is 1. The maximum atomic E-state index is 13.4. The molecule has 6 heteroatoms. The van der Waals surface area contributed by atoms with Crippen molar-refractivity contribution in [2.45, 2.75) is 91.2 Å². The van der Waals surface area contributed by atoms with E-state index < -0.39 is 5.60 Å². The molecule has 1 saturated carbocycles. The van der Waals surface area contributed by atoms with Crippen LogP contribution in [0.1, 0.15) is 105 Å². The van der Waals surface area contributed by atoms with Crippen molar-refractivity contribution in [3.63, 3.8) is 0 Å². The van der Waals surface area contributed by atoms with Crippen molar-refractivity contribution < 1.29 is 14.3 Å². The minimum Gasteiger partial charge on any atom is -0.456 e. The van der Waals surface area contributed by atoms with Crippen molar-refractivity contribution in [3.05, 3.63) is 89.2 Å². The molecular weight excluding hydrogens is 534 g/mol. The van der Waals surface area contributed by atoms with Crippen molar-refractivity contribution in [3.8, 4) is 11.1 Å². The zero-order valence-electron chi connectivity index (χ0n) is 26.1. The zero-order valence-corrected chi connectivity index (χ0v) is 26.1. The largest absolute Gasteiger partial charge is 0.456 e. The molecule has 4 aromatic rings. The van der Waals surface area contributed by atoms with E-state index in [0.717, 1.165) is 59.4 Å². The van der Waals surface area contributed by atoms with Crippen LogP contribution in [0.15, 0.2) is 66.7 Å². The zero-order chi connectivity index (χ0) is 30.4. The molecule has 5 rings (SSSR count). The summed E-state index contributed by atoms with van der Waals surface area (Å²) in [5.74, 6) is 1.19. The minimum absolute atomic E-state index is 0.0326. The Labute approximate surface area is 255 Å². The molecule has 0 spiro atoms. The lowest BCUT2D eigenvalue weighted by Gasteiger charge is -2.21. The average Bonchev–Trinajstić information content (AvgIpc) is 3.35. The summed E-state index contributed by atoms with van der Waals surface area (Å²) >= 11 is 0. The van der Waals surface area contributed by atoms with E-state index in [2.05, 4.69) is 22.9 Å². The highest BCUT2D eigenvalue weighted by Crippen LogP contribution is 2.29. The highest BCUT2D eigenvalue weighted by Gasteiger charge is 2.22. The maximum Gasteiger partial charge on any atom is 0.339 e. The van der Waals surface area contributed by atoms with Gasteiger partial charge in [0.2, 0.25) is 0 Å². The third-order valence-corrected chi connectivity index (χ3v) is 8.25. The van der Waals surface area contributed by atoms with Gasteiger partial charge in [-0.1, -0.05) is 75.1 Å². The van der Waals surface area contributed by atoms with Crippen LogP contribution in [-0.2, 0) is 17.7 Å². The normalized spacial score (nSPS) is 14.1. The highest BCUT2D eigenvalue weighted by atomic mass is 16.6. The summed E-state index contributed by atoms with van der Waals surface area (Å²) in [5.41, 5.74) is 5.19. The molecule has 0 saturated heterocycles. The molecule has 1 aliphatic carbocycles. The first-order chi connectivity index (χ1) is 20.7. The number of rotatable bonds is 10.